The van der Waals surface area contributed by atoms with Crippen molar-refractivity contribution in [1.82, 2.24) is 0 Å². The molecular formula is C6H9NO7S2. The maximum Gasteiger partial charge on any atom is 0.293 e. The Bertz CT molecular complexity index is 558. The fourth-order valence-corrected chi connectivity index (χ4v) is 2.61. The van der Waals surface area contributed by atoms with Gasteiger partial charge in [0, 0.05) is 0 Å². The highest BCUT2D eigenvalue weighted by Gasteiger charge is 2.49. The van der Waals surface area contributed by atoms with E-state index < -0.39 is 36.1 Å². The average Bonchev–Trinajstić information content (AvgIpc) is 2.05. The van der Waals surface area contributed by atoms with E-state index in [0.29, 0.717) is 6.08 Å². The molecule has 1 aliphatic carbocycles. The Kier molecular flexibility index (Phi) is 3.00. The summed E-state index contributed by atoms with van der Waals surface area (Å²) >= 11 is 0. The molecule has 0 aromatic rings. The minimum Gasteiger partial charge on any atom is -0.384 e. The molecule has 0 radical (unpaired) electrons. The van der Waals surface area contributed by atoms with E-state index in [1.54, 1.807) is 0 Å². The number of hydrogen-bond donors (Lipinski definition) is 4. The lowest BCUT2D eigenvalue weighted by atomic mass is 10.1. The first kappa shape index (κ1) is 13.3. The normalized spacial score (nSPS) is 31.2. The zero-order chi connectivity index (χ0) is 12.8. The van der Waals surface area contributed by atoms with Crippen LogP contribution in [0.3, 0.4) is 0 Å². The van der Waals surface area contributed by atoms with E-state index in [2.05, 4.69) is 0 Å². The van der Waals surface area contributed by atoms with Crippen molar-refractivity contribution in [1.29, 1.82) is 0 Å². The highest BCUT2D eigenvalue weighted by Crippen LogP contribution is 2.28. The third kappa shape index (κ3) is 2.03. The minimum atomic E-state index is -4.94. The van der Waals surface area contributed by atoms with Gasteiger partial charge in [-0.3, -0.25) is 9.11 Å². The van der Waals surface area contributed by atoms with Crippen LogP contribution in [0.1, 0.15) is 0 Å². The maximum atomic E-state index is 10.9. The molecule has 16 heavy (non-hydrogen) atoms. The molecule has 10 heteroatoms. The smallest absolute Gasteiger partial charge is 0.293 e. The summed E-state index contributed by atoms with van der Waals surface area (Å²) in [7, 11) is -9.75. The largest absolute Gasteiger partial charge is 0.384 e. The van der Waals surface area contributed by atoms with Crippen molar-refractivity contribution < 1.29 is 31.0 Å². The molecule has 1 aliphatic rings. The lowest BCUT2D eigenvalue weighted by Gasteiger charge is -2.30. The Morgan fingerprint density at radius 1 is 1.25 bits per heavy atom. The molecule has 0 aromatic heterocycles. The minimum absolute atomic E-state index is 0.710. The Morgan fingerprint density at radius 2 is 1.75 bits per heavy atom. The second-order valence-corrected chi connectivity index (χ2v) is 6.21. The SMILES string of the molecule is NC1(S(=O)(=O)O)C=CC=C(S(=O)(=O)O)C1O. The molecule has 1 rings (SSSR count). The van der Waals surface area contributed by atoms with Gasteiger partial charge >= 0.3 is 0 Å². The van der Waals surface area contributed by atoms with Crippen LogP contribution in [0.2, 0.25) is 0 Å². The van der Waals surface area contributed by atoms with Crippen LogP contribution in [-0.4, -0.2) is 42.0 Å². The van der Waals surface area contributed by atoms with Crippen molar-refractivity contribution in [2.45, 2.75) is 11.0 Å². The highest BCUT2D eigenvalue weighted by molar-refractivity contribution is 7.90. The molecule has 92 valence electrons. The van der Waals surface area contributed by atoms with Gasteiger partial charge in [0.05, 0.1) is 0 Å². The van der Waals surface area contributed by atoms with Crippen LogP contribution in [0, 0.1) is 0 Å². The number of nitrogens with two attached hydrogens (primary N) is 1. The Labute approximate surface area is 91.6 Å². The Morgan fingerprint density at radius 3 is 2.12 bits per heavy atom. The van der Waals surface area contributed by atoms with E-state index in [1.807, 2.05) is 0 Å². The van der Waals surface area contributed by atoms with E-state index >= 15 is 0 Å². The quantitative estimate of drug-likeness (QED) is 0.430. The molecular weight excluding hydrogens is 262 g/mol. The van der Waals surface area contributed by atoms with Crippen molar-refractivity contribution in [3.05, 3.63) is 23.1 Å². The molecule has 0 aliphatic heterocycles. The first-order chi connectivity index (χ1) is 7.00. The molecule has 0 saturated heterocycles. The summed E-state index contributed by atoms with van der Waals surface area (Å²) in [5.74, 6) is 0. The van der Waals surface area contributed by atoms with E-state index in [4.69, 9.17) is 14.8 Å². The van der Waals surface area contributed by atoms with Gasteiger partial charge in [0.15, 0.2) is 4.87 Å². The summed E-state index contributed by atoms with van der Waals surface area (Å²) < 4.78 is 60.8. The highest BCUT2D eigenvalue weighted by atomic mass is 32.2. The maximum absolute atomic E-state index is 10.9. The second kappa shape index (κ2) is 3.61. The van der Waals surface area contributed by atoms with Gasteiger partial charge in [-0.15, -0.1) is 0 Å². The van der Waals surface area contributed by atoms with Crippen molar-refractivity contribution in [3.63, 3.8) is 0 Å². The number of aliphatic hydroxyl groups excluding tert-OH is 1. The topological polar surface area (TPSA) is 155 Å². The third-order valence-electron chi connectivity index (χ3n) is 2.06. The molecule has 0 spiro atoms. The van der Waals surface area contributed by atoms with Gasteiger partial charge in [-0.05, 0) is 12.2 Å². The molecule has 0 aromatic carbocycles. The van der Waals surface area contributed by atoms with Crippen LogP contribution in [-0.2, 0) is 20.2 Å². The molecule has 2 unspecified atom stereocenters. The van der Waals surface area contributed by atoms with Crippen LogP contribution in [0.25, 0.3) is 0 Å². The van der Waals surface area contributed by atoms with Crippen molar-refractivity contribution in [3.8, 4) is 0 Å². The van der Waals surface area contributed by atoms with Gasteiger partial charge in [0.1, 0.15) is 11.0 Å². The van der Waals surface area contributed by atoms with Gasteiger partial charge in [-0.1, -0.05) is 6.08 Å². The van der Waals surface area contributed by atoms with Crippen LogP contribution in [0.15, 0.2) is 23.1 Å². The summed E-state index contributed by atoms with van der Waals surface area (Å²) in [6.45, 7) is 0. The summed E-state index contributed by atoms with van der Waals surface area (Å²) in [4.78, 5) is -3.71. The zero-order valence-electron chi connectivity index (χ0n) is 7.68. The molecule has 0 saturated carbocycles. The van der Waals surface area contributed by atoms with Crippen molar-refractivity contribution >= 4 is 20.2 Å². The van der Waals surface area contributed by atoms with E-state index in [-0.39, 0.29) is 0 Å². The number of aliphatic hydroxyl groups is 1. The first-order valence-electron chi connectivity index (χ1n) is 3.81. The molecule has 0 fully saturated rings. The summed E-state index contributed by atoms with van der Waals surface area (Å²) in [6, 6.07) is 0. The zero-order valence-corrected chi connectivity index (χ0v) is 9.31. The first-order valence-corrected chi connectivity index (χ1v) is 6.69. The Balaban J connectivity index is 3.40. The molecule has 0 amide bonds. The number of allylic oxidation sites excluding steroid dienone is 2. The van der Waals surface area contributed by atoms with E-state index in [0.717, 1.165) is 12.2 Å². The van der Waals surface area contributed by atoms with Gasteiger partial charge in [0.2, 0.25) is 0 Å². The third-order valence-corrected chi connectivity index (χ3v) is 4.27. The number of hydrogen-bond acceptors (Lipinski definition) is 6. The Hall–Kier alpha value is -0.780. The second-order valence-electron chi connectivity index (χ2n) is 3.13. The monoisotopic (exact) mass is 271 g/mol. The van der Waals surface area contributed by atoms with Gasteiger partial charge in [-0.2, -0.15) is 16.8 Å². The molecule has 8 nitrogen and oxygen atoms in total. The van der Waals surface area contributed by atoms with E-state index in [1.165, 1.54) is 0 Å². The standard InChI is InChI=1S/C6H9NO7S2/c7-6(16(12,13)14)3-1-2-4(5(6)8)15(9,10)11/h1-3,5,8H,7H2,(H,9,10,11)(H,12,13,14). The summed E-state index contributed by atoms with van der Waals surface area (Å²) in [5.41, 5.74) is 5.18. The van der Waals surface area contributed by atoms with Crippen molar-refractivity contribution in [2.75, 3.05) is 0 Å². The summed E-state index contributed by atoms with van der Waals surface area (Å²) in [5, 5.41) is 9.44. The number of rotatable bonds is 2. The van der Waals surface area contributed by atoms with Gasteiger partial charge in [-0.25, -0.2) is 0 Å². The van der Waals surface area contributed by atoms with Gasteiger partial charge < -0.3 is 10.8 Å². The lowest BCUT2D eigenvalue weighted by molar-refractivity contribution is 0.177. The lowest BCUT2D eigenvalue weighted by Crippen LogP contribution is -2.57. The van der Waals surface area contributed by atoms with Crippen molar-refractivity contribution in [2.24, 2.45) is 5.73 Å². The fourth-order valence-electron chi connectivity index (χ4n) is 1.15. The predicted octanol–water partition coefficient (Wildman–Crippen LogP) is -1.77. The van der Waals surface area contributed by atoms with E-state index in [9.17, 15) is 21.9 Å². The van der Waals surface area contributed by atoms with Crippen LogP contribution in [0.5, 0.6) is 0 Å². The van der Waals surface area contributed by atoms with Crippen LogP contribution < -0.4 is 5.73 Å². The summed E-state index contributed by atoms with van der Waals surface area (Å²) in [6.07, 6.45) is 0.0872. The van der Waals surface area contributed by atoms with Gasteiger partial charge in [0.25, 0.3) is 20.2 Å². The molecule has 2 atom stereocenters. The molecule has 0 bridgehead atoms. The van der Waals surface area contributed by atoms with Crippen LogP contribution in [0.4, 0.5) is 0 Å². The van der Waals surface area contributed by atoms with Crippen LogP contribution >= 0.6 is 0 Å². The predicted molar refractivity (Wildman–Crippen MR) is 53.2 cm³/mol. The average molecular weight is 271 g/mol. The molecule has 5 N–H and O–H groups in total. The fraction of sp³-hybridized carbons (Fsp3) is 0.333. The molecule has 0 heterocycles.